The molecule has 3 rings (SSSR count). The summed E-state index contributed by atoms with van der Waals surface area (Å²) >= 11 is 0. The third-order valence-electron chi connectivity index (χ3n) is 3.79. The maximum atomic E-state index is 10.2. The molecule has 0 aliphatic rings. The van der Waals surface area contributed by atoms with Crippen molar-refractivity contribution in [1.82, 2.24) is 20.2 Å². The number of hydrogen-bond acceptors (Lipinski definition) is 6. The molecule has 0 spiro atoms. The van der Waals surface area contributed by atoms with Crippen molar-refractivity contribution in [3.8, 4) is 28.3 Å². The molecule has 0 amide bonds. The molecule has 0 saturated heterocycles. The van der Waals surface area contributed by atoms with Crippen LogP contribution in [0.3, 0.4) is 0 Å². The van der Waals surface area contributed by atoms with E-state index in [1.807, 2.05) is 19.1 Å². The van der Waals surface area contributed by atoms with Gasteiger partial charge >= 0.3 is 0 Å². The van der Waals surface area contributed by atoms with Crippen molar-refractivity contribution in [1.29, 1.82) is 0 Å². The number of nitrogens with two attached hydrogens (primary N) is 1. The summed E-state index contributed by atoms with van der Waals surface area (Å²) < 4.78 is 0. The SMILES string of the molecule is CC[C@H](N)CNc1ccnc(-c2cc(-c3cn[nH]c3)ccc2O)n1. The van der Waals surface area contributed by atoms with E-state index in [1.165, 1.54) is 0 Å². The maximum Gasteiger partial charge on any atom is 0.165 e. The average Bonchev–Trinajstić information content (AvgIpc) is 3.15. The number of phenolic OH excluding ortho intramolecular Hbond substituents is 1. The van der Waals surface area contributed by atoms with Gasteiger partial charge < -0.3 is 16.2 Å². The van der Waals surface area contributed by atoms with Crippen molar-refractivity contribution in [3.63, 3.8) is 0 Å². The predicted molar refractivity (Wildman–Crippen MR) is 93.5 cm³/mol. The smallest absolute Gasteiger partial charge is 0.165 e. The average molecular weight is 324 g/mol. The number of H-pyrrole nitrogens is 1. The summed E-state index contributed by atoms with van der Waals surface area (Å²) in [7, 11) is 0. The lowest BCUT2D eigenvalue weighted by Gasteiger charge is -2.12. The highest BCUT2D eigenvalue weighted by molar-refractivity contribution is 5.74. The molecule has 0 bridgehead atoms. The molecule has 0 fully saturated rings. The molecule has 2 aromatic heterocycles. The molecular weight excluding hydrogens is 304 g/mol. The molecule has 0 radical (unpaired) electrons. The summed E-state index contributed by atoms with van der Waals surface area (Å²) in [5.41, 5.74) is 8.33. The second-order valence-electron chi connectivity index (χ2n) is 5.53. The van der Waals surface area contributed by atoms with Crippen LogP contribution in [0, 0.1) is 0 Å². The second kappa shape index (κ2) is 7.10. The fourth-order valence-electron chi connectivity index (χ4n) is 2.27. The highest BCUT2D eigenvalue weighted by Crippen LogP contribution is 2.31. The first kappa shape index (κ1) is 15.9. The lowest BCUT2D eigenvalue weighted by molar-refractivity contribution is 0.477. The number of nitrogens with zero attached hydrogens (tertiary/aromatic N) is 3. The Morgan fingerprint density at radius 1 is 1.29 bits per heavy atom. The van der Waals surface area contributed by atoms with E-state index in [4.69, 9.17) is 5.73 Å². The van der Waals surface area contributed by atoms with Gasteiger partial charge in [0.1, 0.15) is 11.6 Å². The Balaban J connectivity index is 1.90. The van der Waals surface area contributed by atoms with Crippen molar-refractivity contribution >= 4 is 5.82 Å². The van der Waals surface area contributed by atoms with Crippen molar-refractivity contribution < 1.29 is 5.11 Å². The van der Waals surface area contributed by atoms with E-state index in [1.54, 1.807) is 30.7 Å². The lowest BCUT2D eigenvalue weighted by atomic mass is 10.0. The molecule has 7 nitrogen and oxygen atoms in total. The van der Waals surface area contributed by atoms with Gasteiger partial charge in [0.15, 0.2) is 5.82 Å². The van der Waals surface area contributed by atoms with Crippen molar-refractivity contribution in [3.05, 3.63) is 42.9 Å². The van der Waals surface area contributed by atoms with Crippen LogP contribution in [0.5, 0.6) is 5.75 Å². The van der Waals surface area contributed by atoms with Gasteiger partial charge in [-0.2, -0.15) is 5.10 Å². The molecule has 24 heavy (non-hydrogen) atoms. The van der Waals surface area contributed by atoms with Crippen LogP contribution >= 0.6 is 0 Å². The molecule has 1 aromatic carbocycles. The minimum absolute atomic E-state index is 0.0706. The highest BCUT2D eigenvalue weighted by atomic mass is 16.3. The summed E-state index contributed by atoms with van der Waals surface area (Å²) in [4.78, 5) is 8.75. The van der Waals surface area contributed by atoms with Gasteiger partial charge in [0.05, 0.1) is 11.8 Å². The number of phenols is 1. The van der Waals surface area contributed by atoms with E-state index in [-0.39, 0.29) is 11.8 Å². The van der Waals surface area contributed by atoms with E-state index in [9.17, 15) is 5.11 Å². The Morgan fingerprint density at radius 3 is 2.92 bits per heavy atom. The quantitative estimate of drug-likeness (QED) is 0.554. The zero-order valence-electron chi connectivity index (χ0n) is 13.4. The molecule has 7 heteroatoms. The molecule has 0 aliphatic heterocycles. The van der Waals surface area contributed by atoms with Crippen LogP contribution in [0.25, 0.3) is 22.5 Å². The Bertz CT molecular complexity index is 803. The number of nitrogens with one attached hydrogen (secondary N) is 2. The minimum atomic E-state index is 0.0706. The van der Waals surface area contributed by atoms with Crippen LogP contribution in [0.2, 0.25) is 0 Å². The van der Waals surface area contributed by atoms with E-state index >= 15 is 0 Å². The van der Waals surface area contributed by atoms with Crippen LogP contribution in [0.1, 0.15) is 13.3 Å². The van der Waals surface area contributed by atoms with Gasteiger partial charge in [-0.25, -0.2) is 9.97 Å². The van der Waals surface area contributed by atoms with E-state index in [2.05, 4.69) is 25.5 Å². The van der Waals surface area contributed by atoms with Crippen LogP contribution in [-0.2, 0) is 0 Å². The fraction of sp³-hybridized carbons (Fsp3) is 0.235. The fourth-order valence-corrected chi connectivity index (χ4v) is 2.27. The summed E-state index contributed by atoms with van der Waals surface area (Å²) in [6, 6.07) is 7.15. The molecule has 0 aliphatic carbocycles. The van der Waals surface area contributed by atoms with Crippen LogP contribution in [0.15, 0.2) is 42.9 Å². The van der Waals surface area contributed by atoms with E-state index < -0.39 is 0 Å². The molecule has 0 saturated carbocycles. The number of aromatic nitrogens is 4. The van der Waals surface area contributed by atoms with Crippen molar-refractivity contribution in [2.45, 2.75) is 19.4 Å². The summed E-state index contributed by atoms with van der Waals surface area (Å²) in [5.74, 6) is 1.26. The van der Waals surface area contributed by atoms with Crippen molar-refractivity contribution in [2.75, 3.05) is 11.9 Å². The number of benzene rings is 1. The first-order valence-corrected chi connectivity index (χ1v) is 7.82. The minimum Gasteiger partial charge on any atom is -0.507 e. The van der Waals surface area contributed by atoms with E-state index in [0.29, 0.717) is 23.8 Å². The first-order valence-electron chi connectivity index (χ1n) is 7.82. The van der Waals surface area contributed by atoms with Gasteiger partial charge in [0.2, 0.25) is 0 Å². The second-order valence-corrected chi connectivity index (χ2v) is 5.53. The standard InChI is InChI=1S/C17H20N6O/c1-2-13(18)10-20-16-5-6-19-17(23-16)14-7-11(3-4-15(14)24)12-8-21-22-9-12/h3-9,13,24H,2,10,18H2,1H3,(H,21,22)(H,19,20,23)/t13-/m0/s1. The summed E-state index contributed by atoms with van der Waals surface area (Å²) in [6.07, 6.45) is 6.06. The first-order chi connectivity index (χ1) is 11.7. The summed E-state index contributed by atoms with van der Waals surface area (Å²) in [6.45, 7) is 2.67. The van der Waals surface area contributed by atoms with Gasteiger partial charge in [0.25, 0.3) is 0 Å². The lowest BCUT2D eigenvalue weighted by Crippen LogP contribution is -2.28. The third kappa shape index (κ3) is 3.52. The number of hydrogen-bond donors (Lipinski definition) is 4. The molecule has 1 atom stereocenters. The summed E-state index contributed by atoms with van der Waals surface area (Å²) in [5, 5.41) is 20.1. The largest absolute Gasteiger partial charge is 0.507 e. The molecule has 5 N–H and O–H groups in total. The molecule has 0 unspecified atom stereocenters. The number of rotatable bonds is 6. The third-order valence-corrected chi connectivity index (χ3v) is 3.79. The number of anilines is 1. The molecular formula is C17H20N6O. The maximum absolute atomic E-state index is 10.2. The zero-order chi connectivity index (χ0) is 16.9. The topological polar surface area (TPSA) is 113 Å². The monoisotopic (exact) mass is 324 g/mol. The van der Waals surface area contributed by atoms with Gasteiger partial charge in [-0.15, -0.1) is 0 Å². The highest BCUT2D eigenvalue weighted by Gasteiger charge is 2.11. The number of aromatic hydroxyl groups is 1. The van der Waals surface area contributed by atoms with Gasteiger partial charge in [-0.05, 0) is 30.2 Å². The van der Waals surface area contributed by atoms with Crippen LogP contribution in [0.4, 0.5) is 5.82 Å². The Morgan fingerprint density at radius 2 is 2.17 bits per heavy atom. The van der Waals surface area contributed by atoms with E-state index in [0.717, 1.165) is 17.5 Å². The molecule has 3 aromatic rings. The normalized spacial score (nSPS) is 12.1. The van der Waals surface area contributed by atoms with Gasteiger partial charge in [-0.3, -0.25) is 5.10 Å². The van der Waals surface area contributed by atoms with Crippen LogP contribution in [-0.4, -0.2) is 37.9 Å². The molecule has 124 valence electrons. The number of aromatic amines is 1. The van der Waals surface area contributed by atoms with Gasteiger partial charge in [-0.1, -0.05) is 13.0 Å². The molecule has 2 heterocycles. The Labute approximate surface area is 140 Å². The zero-order valence-corrected chi connectivity index (χ0v) is 13.4. The van der Waals surface area contributed by atoms with Crippen molar-refractivity contribution in [2.24, 2.45) is 5.73 Å². The Kier molecular flexibility index (Phi) is 4.72. The van der Waals surface area contributed by atoms with Gasteiger partial charge in [0, 0.05) is 30.5 Å². The Hall–Kier alpha value is -2.93. The predicted octanol–water partition coefficient (Wildman–Crippen LogP) is 2.39. The van der Waals surface area contributed by atoms with Crippen LogP contribution < -0.4 is 11.1 Å².